The number of aliphatic hydroxyl groups is 1. The molecule has 2 rings (SSSR count). The summed E-state index contributed by atoms with van der Waals surface area (Å²) in [5, 5.41) is 10.0. The Morgan fingerprint density at radius 2 is 2.12 bits per heavy atom. The summed E-state index contributed by atoms with van der Waals surface area (Å²) in [5.74, 6) is 0. The summed E-state index contributed by atoms with van der Waals surface area (Å²) in [5.41, 5.74) is 1.76. The Kier molecular flexibility index (Phi) is 3.73. The number of aromatic nitrogens is 2. The zero-order valence-electron chi connectivity index (χ0n) is 9.66. The summed E-state index contributed by atoms with van der Waals surface area (Å²) >= 11 is 0. The summed E-state index contributed by atoms with van der Waals surface area (Å²) < 4.78 is 1.95. The van der Waals surface area contributed by atoms with Gasteiger partial charge in [-0.2, -0.15) is 0 Å². The molecule has 0 bridgehead atoms. The SMILES string of the molecule is C=C(c1ccccc1)C(O)CCn1ccnc1. The normalized spacial score (nSPS) is 12.3. The largest absolute Gasteiger partial charge is 0.388 e. The van der Waals surface area contributed by atoms with Crippen LogP contribution in [0.1, 0.15) is 12.0 Å². The van der Waals surface area contributed by atoms with Gasteiger partial charge in [0, 0.05) is 18.9 Å². The van der Waals surface area contributed by atoms with Gasteiger partial charge < -0.3 is 9.67 Å². The predicted octanol–water partition coefficient (Wildman–Crippen LogP) is 2.35. The van der Waals surface area contributed by atoms with E-state index in [2.05, 4.69) is 11.6 Å². The van der Waals surface area contributed by atoms with E-state index in [0.717, 1.165) is 17.7 Å². The van der Waals surface area contributed by atoms with E-state index >= 15 is 0 Å². The molecule has 0 saturated carbocycles. The third-order valence-electron chi connectivity index (χ3n) is 2.77. The molecule has 17 heavy (non-hydrogen) atoms. The van der Waals surface area contributed by atoms with Gasteiger partial charge in [-0.3, -0.25) is 0 Å². The van der Waals surface area contributed by atoms with Crippen molar-refractivity contribution in [2.75, 3.05) is 0 Å². The van der Waals surface area contributed by atoms with Crippen molar-refractivity contribution in [3.8, 4) is 0 Å². The monoisotopic (exact) mass is 228 g/mol. The van der Waals surface area contributed by atoms with Gasteiger partial charge in [-0.05, 0) is 17.6 Å². The Bertz CT molecular complexity index is 462. The van der Waals surface area contributed by atoms with Crippen LogP contribution in [0.25, 0.3) is 5.57 Å². The molecular formula is C14H16N2O. The average molecular weight is 228 g/mol. The van der Waals surface area contributed by atoms with Crippen LogP contribution in [0.3, 0.4) is 0 Å². The van der Waals surface area contributed by atoms with Gasteiger partial charge in [0.25, 0.3) is 0 Å². The van der Waals surface area contributed by atoms with Gasteiger partial charge >= 0.3 is 0 Å². The van der Waals surface area contributed by atoms with Crippen LogP contribution < -0.4 is 0 Å². The molecule has 0 amide bonds. The zero-order valence-corrected chi connectivity index (χ0v) is 9.66. The van der Waals surface area contributed by atoms with Crippen molar-refractivity contribution in [2.24, 2.45) is 0 Å². The van der Waals surface area contributed by atoms with E-state index in [1.807, 2.05) is 41.1 Å². The number of aliphatic hydroxyl groups excluding tert-OH is 1. The lowest BCUT2D eigenvalue weighted by molar-refractivity contribution is 0.215. The van der Waals surface area contributed by atoms with Crippen molar-refractivity contribution in [1.29, 1.82) is 0 Å². The molecule has 1 heterocycles. The molecule has 0 spiro atoms. The average Bonchev–Trinajstić information content (AvgIpc) is 2.89. The molecule has 1 unspecified atom stereocenters. The highest BCUT2D eigenvalue weighted by molar-refractivity contribution is 5.66. The second-order valence-corrected chi connectivity index (χ2v) is 4.00. The molecule has 2 aromatic rings. The van der Waals surface area contributed by atoms with Crippen LogP contribution in [-0.2, 0) is 6.54 Å². The molecular weight excluding hydrogens is 212 g/mol. The topological polar surface area (TPSA) is 38.0 Å². The third kappa shape index (κ3) is 3.04. The van der Waals surface area contributed by atoms with E-state index in [1.165, 1.54) is 0 Å². The predicted molar refractivity (Wildman–Crippen MR) is 68.3 cm³/mol. The number of nitrogens with zero attached hydrogens (tertiary/aromatic N) is 2. The minimum absolute atomic E-state index is 0.514. The summed E-state index contributed by atoms with van der Waals surface area (Å²) in [6.45, 7) is 4.69. The molecule has 0 aliphatic heterocycles. The first kappa shape index (κ1) is 11.6. The van der Waals surface area contributed by atoms with E-state index in [4.69, 9.17) is 0 Å². The lowest BCUT2D eigenvalue weighted by atomic mass is 10.0. The summed E-state index contributed by atoms with van der Waals surface area (Å²) in [4.78, 5) is 3.96. The highest BCUT2D eigenvalue weighted by atomic mass is 16.3. The van der Waals surface area contributed by atoms with E-state index in [0.29, 0.717) is 6.42 Å². The van der Waals surface area contributed by atoms with E-state index < -0.39 is 6.10 Å². The number of benzene rings is 1. The molecule has 0 aliphatic carbocycles. The molecule has 0 fully saturated rings. The molecule has 1 aromatic heterocycles. The van der Waals surface area contributed by atoms with Crippen molar-refractivity contribution >= 4 is 5.57 Å². The van der Waals surface area contributed by atoms with Crippen LogP contribution >= 0.6 is 0 Å². The van der Waals surface area contributed by atoms with Crippen LogP contribution in [0.2, 0.25) is 0 Å². The molecule has 1 atom stereocenters. The molecule has 3 nitrogen and oxygen atoms in total. The fourth-order valence-corrected chi connectivity index (χ4v) is 1.71. The highest BCUT2D eigenvalue weighted by Crippen LogP contribution is 2.18. The maximum atomic E-state index is 10.0. The number of rotatable bonds is 5. The van der Waals surface area contributed by atoms with Gasteiger partial charge in [-0.25, -0.2) is 4.98 Å². The van der Waals surface area contributed by atoms with Gasteiger partial charge in [0.2, 0.25) is 0 Å². The fraction of sp³-hybridized carbons (Fsp3) is 0.214. The van der Waals surface area contributed by atoms with Crippen molar-refractivity contribution in [1.82, 2.24) is 9.55 Å². The van der Waals surface area contributed by atoms with Crippen molar-refractivity contribution in [3.05, 3.63) is 61.2 Å². The summed E-state index contributed by atoms with van der Waals surface area (Å²) in [7, 11) is 0. The number of aryl methyl sites for hydroxylation is 1. The molecule has 0 saturated heterocycles. The van der Waals surface area contributed by atoms with Crippen molar-refractivity contribution in [2.45, 2.75) is 19.1 Å². The van der Waals surface area contributed by atoms with Gasteiger partial charge in [-0.1, -0.05) is 36.9 Å². The molecule has 3 heteroatoms. The molecule has 0 aliphatic rings. The van der Waals surface area contributed by atoms with E-state index in [1.54, 1.807) is 12.5 Å². The number of hydrogen-bond donors (Lipinski definition) is 1. The Hall–Kier alpha value is -1.87. The summed E-state index contributed by atoms with van der Waals surface area (Å²) in [6, 6.07) is 9.77. The first-order valence-electron chi connectivity index (χ1n) is 5.65. The Morgan fingerprint density at radius 3 is 2.76 bits per heavy atom. The van der Waals surface area contributed by atoms with Crippen LogP contribution in [0.15, 0.2) is 55.6 Å². The molecule has 88 valence electrons. The maximum Gasteiger partial charge on any atom is 0.0945 e. The third-order valence-corrected chi connectivity index (χ3v) is 2.77. The van der Waals surface area contributed by atoms with Crippen LogP contribution in [0.4, 0.5) is 0 Å². The lowest BCUT2D eigenvalue weighted by Crippen LogP contribution is -2.12. The second kappa shape index (κ2) is 5.46. The minimum atomic E-state index is -0.514. The maximum absolute atomic E-state index is 10.0. The molecule has 1 aromatic carbocycles. The highest BCUT2D eigenvalue weighted by Gasteiger charge is 2.10. The van der Waals surface area contributed by atoms with Crippen molar-refractivity contribution in [3.63, 3.8) is 0 Å². The van der Waals surface area contributed by atoms with Crippen LogP contribution in [-0.4, -0.2) is 20.8 Å². The zero-order chi connectivity index (χ0) is 12.1. The standard InChI is InChI=1S/C14H16N2O/c1-12(13-5-3-2-4-6-13)14(17)7-9-16-10-8-15-11-16/h2-6,8,10-11,14,17H,1,7,9H2. The van der Waals surface area contributed by atoms with Crippen LogP contribution in [0.5, 0.6) is 0 Å². The Morgan fingerprint density at radius 1 is 1.35 bits per heavy atom. The quantitative estimate of drug-likeness (QED) is 0.853. The number of imidazole rings is 1. The fourth-order valence-electron chi connectivity index (χ4n) is 1.71. The lowest BCUT2D eigenvalue weighted by Gasteiger charge is -2.14. The smallest absolute Gasteiger partial charge is 0.0945 e. The molecule has 0 radical (unpaired) electrons. The van der Waals surface area contributed by atoms with Crippen LogP contribution in [0, 0.1) is 0 Å². The second-order valence-electron chi connectivity index (χ2n) is 4.00. The summed E-state index contributed by atoms with van der Waals surface area (Å²) in [6.07, 6.45) is 5.50. The number of hydrogen-bond acceptors (Lipinski definition) is 2. The Balaban J connectivity index is 1.92. The van der Waals surface area contributed by atoms with Crippen molar-refractivity contribution < 1.29 is 5.11 Å². The molecule has 1 N–H and O–H groups in total. The van der Waals surface area contributed by atoms with E-state index in [-0.39, 0.29) is 0 Å². The minimum Gasteiger partial charge on any atom is -0.388 e. The Labute approximate surface area is 101 Å². The van der Waals surface area contributed by atoms with Gasteiger partial charge in [0.1, 0.15) is 0 Å². The first-order valence-corrected chi connectivity index (χ1v) is 5.65. The van der Waals surface area contributed by atoms with E-state index in [9.17, 15) is 5.11 Å². The first-order chi connectivity index (χ1) is 8.27. The van der Waals surface area contributed by atoms with Gasteiger partial charge in [-0.15, -0.1) is 0 Å². The van der Waals surface area contributed by atoms with Gasteiger partial charge in [0.15, 0.2) is 0 Å². The van der Waals surface area contributed by atoms with Gasteiger partial charge in [0.05, 0.1) is 12.4 Å².